The Morgan fingerprint density at radius 2 is 1.89 bits per heavy atom. The van der Waals surface area contributed by atoms with Crippen LogP contribution in [0.3, 0.4) is 0 Å². The zero-order valence-corrected chi connectivity index (χ0v) is 12.4. The van der Waals surface area contributed by atoms with Gasteiger partial charge in [0.05, 0.1) is 31.6 Å². The average molecular weight is 325 g/mol. The molecule has 19 heavy (non-hydrogen) atoms. The Balaban J connectivity index is 2.54. The van der Waals surface area contributed by atoms with Gasteiger partial charge in [-0.3, -0.25) is 4.79 Å². The first-order chi connectivity index (χ1) is 9.10. The molecule has 4 nitrogen and oxygen atoms in total. The number of carbonyl (C=O) groups is 1. The van der Waals surface area contributed by atoms with E-state index in [4.69, 9.17) is 13.9 Å². The minimum Gasteiger partial charge on any atom is -0.495 e. The number of hydrogen-bond acceptors (Lipinski definition) is 4. The van der Waals surface area contributed by atoms with Crippen LogP contribution >= 0.6 is 15.9 Å². The summed E-state index contributed by atoms with van der Waals surface area (Å²) in [4.78, 5) is 12.5. The van der Waals surface area contributed by atoms with Crippen LogP contribution in [0.4, 0.5) is 0 Å². The van der Waals surface area contributed by atoms with Crippen LogP contribution in [-0.2, 0) is 0 Å². The molecule has 0 saturated heterocycles. The van der Waals surface area contributed by atoms with Crippen molar-refractivity contribution in [1.82, 2.24) is 0 Å². The van der Waals surface area contributed by atoms with Crippen molar-refractivity contribution in [3.05, 3.63) is 45.8 Å². The summed E-state index contributed by atoms with van der Waals surface area (Å²) >= 11 is 3.38. The third-order valence-corrected chi connectivity index (χ3v) is 3.58. The van der Waals surface area contributed by atoms with Gasteiger partial charge in [0.15, 0.2) is 5.78 Å². The second-order valence-corrected chi connectivity index (χ2v) is 4.68. The van der Waals surface area contributed by atoms with Crippen molar-refractivity contribution >= 4 is 21.7 Å². The maximum atomic E-state index is 12.5. The number of carbonyl (C=O) groups excluding carboxylic acids is 1. The van der Waals surface area contributed by atoms with E-state index in [1.807, 2.05) is 0 Å². The first-order valence-corrected chi connectivity index (χ1v) is 6.38. The van der Waals surface area contributed by atoms with Crippen LogP contribution < -0.4 is 9.47 Å². The normalized spacial score (nSPS) is 10.3. The van der Waals surface area contributed by atoms with Crippen molar-refractivity contribution in [2.24, 2.45) is 0 Å². The summed E-state index contributed by atoms with van der Waals surface area (Å²) in [5, 5.41) is 0. The van der Waals surface area contributed by atoms with Gasteiger partial charge in [-0.2, -0.15) is 0 Å². The molecule has 5 heteroatoms. The second-order valence-electron chi connectivity index (χ2n) is 3.88. The van der Waals surface area contributed by atoms with Crippen molar-refractivity contribution in [2.45, 2.75) is 6.92 Å². The molecule has 1 heterocycles. The summed E-state index contributed by atoms with van der Waals surface area (Å²) in [6, 6.07) is 5.04. The lowest BCUT2D eigenvalue weighted by atomic mass is 10.0. The molecule has 0 fully saturated rings. The first kappa shape index (κ1) is 13.7. The molecule has 2 aromatic rings. The molecule has 0 radical (unpaired) electrons. The van der Waals surface area contributed by atoms with E-state index in [0.717, 1.165) is 0 Å². The maximum Gasteiger partial charge on any atom is 0.200 e. The van der Waals surface area contributed by atoms with E-state index in [1.165, 1.54) is 13.4 Å². The minimum absolute atomic E-state index is 0.147. The van der Waals surface area contributed by atoms with Crippen LogP contribution in [0.5, 0.6) is 11.5 Å². The molecule has 0 N–H and O–H groups in total. The van der Waals surface area contributed by atoms with Gasteiger partial charge < -0.3 is 13.9 Å². The number of halogens is 1. The van der Waals surface area contributed by atoms with Crippen LogP contribution in [0.25, 0.3) is 0 Å². The molecule has 0 atom stereocenters. The fourth-order valence-corrected chi connectivity index (χ4v) is 2.51. The quantitative estimate of drug-likeness (QED) is 0.806. The van der Waals surface area contributed by atoms with Crippen molar-refractivity contribution in [2.75, 3.05) is 14.2 Å². The van der Waals surface area contributed by atoms with Gasteiger partial charge in [0.1, 0.15) is 21.7 Å². The van der Waals surface area contributed by atoms with E-state index in [-0.39, 0.29) is 5.78 Å². The van der Waals surface area contributed by atoms with E-state index in [9.17, 15) is 4.79 Å². The Morgan fingerprint density at radius 1 is 1.16 bits per heavy atom. The highest BCUT2D eigenvalue weighted by atomic mass is 79.9. The molecule has 1 aromatic heterocycles. The number of methoxy groups -OCH3 is 2. The molecule has 0 aliphatic carbocycles. The van der Waals surface area contributed by atoms with Crippen molar-refractivity contribution in [1.29, 1.82) is 0 Å². The fraction of sp³-hybridized carbons (Fsp3) is 0.214. The Kier molecular flexibility index (Phi) is 3.95. The monoisotopic (exact) mass is 324 g/mol. The van der Waals surface area contributed by atoms with Crippen LogP contribution in [0.1, 0.15) is 21.7 Å². The van der Waals surface area contributed by atoms with E-state index >= 15 is 0 Å². The van der Waals surface area contributed by atoms with Gasteiger partial charge in [0.2, 0.25) is 0 Å². The number of aryl methyl sites for hydroxylation is 1. The summed E-state index contributed by atoms with van der Waals surface area (Å²) in [5.41, 5.74) is 0.982. The standard InChI is InChI=1S/C14H13BrO4/c1-8-9(6-7-19-8)13(16)10-4-5-11(17-2)12(15)14(10)18-3/h4-7H,1-3H3. The molecule has 100 valence electrons. The first-order valence-electron chi connectivity index (χ1n) is 5.59. The lowest BCUT2D eigenvalue weighted by Crippen LogP contribution is -2.05. The second kappa shape index (κ2) is 5.48. The van der Waals surface area contributed by atoms with Gasteiger partial charge in [-0.25, -0.2) is 0 Å². The van der Waals surface area contributed by atoms with E-state index < -0.39 is 0 Å². The fourth-order valence-electron chi connectivity index (χ4n) is 1.84. The summed E-state index contributed by atoms with van der Waals surface area (Å²) in [7, 11) is 3.07. The summed E-state index contributed by atoms with van der Waals surface area (Å²) < 4.78 is 16.3. The van der Waals surface area contributed by atoms with Gasteiger partial charge >= 0.3 is 0 Å². The van der Waals surface area contributed by atoms with Crippen LogP contribution in [0.2, 0.25) is 0 Å². The van der Waals surface area contributed by atoms with Gasteiger partial charge in [-0.1, -0.05) is 0 Å². The van der Waals surface area contributed by atoms with Gasteiger partial charge in [-0.15, -0.1) is 0 Å². The summed E-state index contributed by atoms with van der Waals surface area (Å²) in [5.74, 6) is 1.49. The molecule has 0 amide bonds. The summed E-state index contributed by atoms with van der Waals surface area (Å²) in [6.45, 7) is 1.75. The number of ether oxygens (including phenoxy) is 2. The van der Waals surface area contributed by atoms with Gasteiger partial charge in [0.25, 0.3) is 0 Å². The van der Waals surface area contributed by atoms with Crippen molar-refractivity contribution in [3.63, 3.8) is 0 Å². The maximum absolute atomic E-state index is 12.5. The van der Waals surface area contributed by atoms with Crippen LogP contribution in [0, 0.1) is 6.92 Å². The number of rotatable bonds is 4. The summed E-state index contributed by atoms with van der Waals surface area (Å²) in [6.07, 6.45) is 1.49. The van der Waals surface area contributed by atoms with Crippen molar-refractivity contribution in [3.8, 4) is 11.5 Å². The third kappa shape index (κ3) is 2.38. The van der Waals surface area contributed by atoms with E-state index in [0.29, 0.717) is 32.9 Å². The van der Waals surface area contributed by atoms with Crippen molar-refractivity contribution < 1.29 is 18.7 Å². The Morgan fingerprint density at radius 3 is 2.42 bits per heavy atom. The molecule has 0 bridgehead atoms. The molecule has 0 aliphatic heterocycles. The lowest BCUT2D eigenvalue weighted by molar-refractivity contribution is 0.103. The highest BCUT2D eigenvalue weighted by Gasteiger charge is 2.21. The number of hydrogen-bond donors (Lipinski definition) is 0. The highest BCUT2D eigenvalue weighted by molar-refractivity contribution is 9.10. The molecule has 0 spiro atoms. The number of ketones is 1. The molecule has 2 rings (SSSR count). The number of benzene rings is 1. The Bertz CT molecular complexity index is 616. The zero-order chi connectivity index (χ0) is 14.0. The zero-order valence-electron chi connectivity index (χ0n) is 10.8. The lowest BCUT2D eigenvalue weighted by Gasteiger charge is -2.12. The molecule has 1 aromatic carbocycles. The Labute approximate surface area is 119 Å². The number of furan rings is 1. The minimum atomic E-state index is -0.147. The van der Waals surface area contributed by atoms with Crippen LogP contribution in [-0.4, -0.2) is 20.0 Å². The molecule has 0 saturated carbocycles. The van der Waals surface area contributed by atoms with E-state index in [2.05, 4.69) is 15.9 Å². The average Bonchev–Trinajstić information content (AvgIpc) is 2.83. The molecule has 0 aliphatic rings. The van der Waals surface area contributed by atoms with E-state index in [1.54, 1.807) is 32.2 Å². The highest BCUT2D eigenvalue weighted by Crippen LogP contribution is 2.38. The van der Waals surface area contributed by atoms with Gasteiger partial charge in [0, 0.05) is 0 Å². The molecule has 0 unspecified atom stereocenters. The smallest absolute Gasteiger partial charge is 0.200 e. The van der Waals surface area contributed by atoms with Gasteiger partial charge in [-0.05, 0) is 41.1 Å². The Hall–Kier alpha value is -1.75. The van der Waals surface area contributed by atoms with Crippen LogP contribution in [0.15, 0.2) is 33.4 Å². The predicted octanol–water partition coefficient (Wildman–Crippen LogP) is 3.60. The largest absolute Gasteiger partial charge is 0.495 e. The molecular formula is C14H13BrO4. The molecular weight excluding hydrogens is 312 g/mol. The topological polar surface area (TPSA) is 48.7 Å². The predicted molar refractivity (Wildman–Crippen MR) is 74.1 cm³/mol. The SMILES string of the molecule is COc1ccc(C(=O)c2ccoc2C)c(OC)c1Br. The third-order valence-electron chi connectivity index (χ3n) is 2.83.